The molecule has 1 nitrogen and oxygen atoms in total. The van der Waals surface area contributed by atoms with Gasteiger partial charge in [-0.1, -0.05) is 29.8 Å². The van der Waals surface area contributed by atoms with Crippen LogP contribution in [0.15, 0.2) is 42.5 Å². The highest BCUT2D eigenvalue weighted by Crippen LogP contribution is 2.30. The molecule has 0 spiro atoms. The number of hydrogen-bond donors (Lipinski definition) is 0. The summed E-state index contributed by atoms with van der Waals surface area (Å²) >= 11 is 11.8. The lowest BCUT2D eigenvalue weighted by molar-refractivity contribution is 0.474. The molecule has 0 heterocycles. The summed E-state index contributed by atoms with van der Waals surface area (Å²) < 4.78 is 5.84. The maximum atomic E-state index is 5.90. The van der Waals surface area contributed by atoms with E-state index in [9.17, 15) is 0 Å². The van der Waals surface area contributed by atoms with Crippen molar-refractivity contribution >= 4 is 23.2 Å². The van der Waals surface area contributed by atoms with Gasteiger partial charge in [-0.15, -0.1) is 11.6 Å². The molecule has 0 radical (unpaired) electrons. The molecule has 2 rings (SSSR count). The van der Waals surface area contributed by atoms with Crippen LogP contribution in [0.5, 0.6) is 11.5 Å². The largest absolute Gasteiger partial charge is 0.457 e. The highest BCUT2D eigenvalue weighted by Gasteiger charge is 2.05. The summed E-state index contributed by atoms with van der Waals surface area (Å²) in [4.78, 5) is 0. The zero-order valence-corrected chi connectivity index (χ0v) is 10.9. The third-order valence-electron chi connectivity index (χ3n) is 2.47. The second-order valence-corrected chi connectivity index (χ2v) is 4.46. The van der Waals surface area contributed by atoms with Crippen LogP contribution in [0.3, 0.4) is 0 Å². The molecule has 0 aromatic heterocycles. The van der Waals surface area contributed by atoms with Crippen molar-refractivity contribution in [3.8, 4) is 11.5 Å². The zero-order valence-electron chi connectivity index (χ0n) is 9.41. The van der Waals surface area contributed by atoms with Crippen molar-refractivity contribution in [3.05, 3.63) is 58.6 Å². The smallest absolute Gasteiger partial charge is 0.131 e. The van der Waals surface area contributed by atoms with Crippen molar-refractivity contribution in [2.45, 2.75) is 12.8 Å². The van der Waals surface area contributed by atoms with E-state index in [1.807, 2.05) is 49.4 Å². The van der Waals surface area contributed by atoms with Crippen molar-refractivity contribution in [3.63, 3.8) is 0 Å². The molecule has 0 saturated carbocycles. The molecule has 0 bridgehead atoms. The summed E-state index contributed by atoms with van der Waals surface area (Å²) in [5.74, 6) is 2.02. The van der Waals surface area contributed by atoms with Gasteiger partial charge in [-0.3, -0.25) is 0 Å². The van der Waals surface area contributed by atoms with Crippen LogP contribution in [-0.2, 0) is 5.88 Å². The third kappa shape index (κ3) is 2.93. The van der Waals surface area contributed by atoms with Crippen molar-refractivity contribution < 1.29 is 4.74 Å². The van der Waals surface area contributed by atoms with E-state index in [-0.39, 0.29) is 0 Å². The minimum Gasteiger partial charge on any atom is -0.457 e. The first kappa shape index (κ1) is 12.3. The van der Waals surface area contributed by atoms with E-state index in [0.717, 1.165) is 22.6 Å². The Morgan fingerprint density at radius 1 is 1.06 bits per heavy atom. The molecule has 3 heteroatoms. The number of halogens is 2. The van der Waals surface area contributed by atoms with Gasteiger partial charge in [-0.25, -0.2) is 0 Å². The normalized spacial score (nSPS) is 10.3. The maximum Gasteiger partial charge on any atom is 0.131 e. The molecule has 0 saturated heterocycles. The van der Waals surface area contributed by atoms with Gasteiger partial charge in [0, 0.05) is 10.6 Å². The molecular weight excluding hydrogens is 255 g/mol. The van der Waals surface area contributed by atoms with Gasteiger partial charge in [-0.05, 0) is 36.8 Å². The van der Waals surface area contributed by atoms with Gasteiger partial charge in [0.25, 0.3) is 0 Å². The summed E-state index contributed by atoms with van der Waals surface area (Å²) in [7, 11) is 0. The van der Waals surface area contributed by atoms with Gasteiger partial charge in [0.05, 0.1) is 5.88 Å². The second kappa shape index (κ2) is 5.44. The fourth-order valence-electron chi connectivity index (χ4n) is 1.56. The number of benzene rings is 2. The summed E-state index contributed by atoms with van der Waals surface area (Å²) in [5, 5.41) is 0.709. The van der Waals surface area contributed by atoms with Crippen LogP contribution >= 0.6 is 23.2 Å². The molecule has 0 aliphatic rings. The van der Waals surface area contributed by atoms with Crippen molar-refractivity contribution in [2.75, 3.05) is 0 Å². The van der Waals surface area contributed by atoms with Crippen LogP contribution in [0, 0.1) is 6.92 Å². The van der Waals surface area contributed by atoms with E-state index in [2.05, 4.69) is 0 Å². The minimum absolute atomic E-state index is 0.433. The number of hydrogen-bond acceptors (Lipinski definition) is 1. The monoisotopic (exact) mass is 266 g/mol. The lowest BCUT2D eigenvalue weighted by Gasteiger charge is -2.11. The van der Waals surface area contributed by atoms with Crippen LogP contribution in [0.2, 0.25) is 5.02 Å². The fraction of sp³-hybridized carbons (Fsp3) is 0.143. The first-order valence-corrected chi connectivity index (χ1v) is 6.20. The Kier molecular flexibility index (Phi) is 3.93. The first-order valence-electron chi connectivity index (χ1n) is 5.28. The number of alkyl halides is 1. The molecule has 0 N–H and O–H groups in total. The van der Waals surface area contributed by atoms with Crippen molar-refractivity contribution in [1.29, 1.82) is 0 Å². The van der Waals surface area contributed by atoms with E-state index in [0.29, 0.717) is 10.9 Å². The minimum atomic E-state index is 0.433. The second-order valence-electron chi connectivity index (χ2n) is 3.75. The number of rotatable bonds is 3. The predicted molar refractivity (Wildman–Crippen MR) is 72.3 cm³/mol. The summed E-state index contributed by atoms with van der Waals surface area (Å²) in [5.41, 5.74) is 1.98. The zero-order chi connectivity index (χ0) is 12.3. The molecule has 2 aromatic rings. The molecule has 0 atom stereocenters. The van der Waals surface area contributed by atoms with E-state index < -0.39 is 0 Å². The Morgan fingerprint density at radius 3 is 2.53 bits per heavy atom. The predicted octanol–water partition coefficient (Wildman–Crippen LogP) is 5.18. The lowest BCUT2D eigenvalue weighted by atomic mass is 10.2. The van der Waals surface area contributed by atoms with Crippen LogP contribution in [0.25, 0.3) is 0 Å². The summed E-state index contributed by atoms with van der Waals surface area (Å²) in [6.45, 7) is 1.96. The Labute approximate surface area is 111 Å². The fourth-order valence-corrected chi connectivity index (χ4v) is 2.01. The number of aryl methyl sites for hydroxylation is 1. The molecule has 0 aliphatic heterocycles. The van der Waals surface area contributed by atoms with Crippen molar-refractivity contribution in [2.24, 2.45) is 0 Å². The average Bonchev–Trinajstić information content (AvgIpc) is 2.33. The van der Waals surface area contributed by atoms with E-state index in [4.69, 9.17) is 27.9 Å². The van der Waals surface area contributed by atoms with Crippen LogP contribution in [-0.4, -0.2) is 0 Å². The SMILES string of the molecule is Cc1cc(Cl)ccc1Oc1ccccc1CCl. The van der Waals surface area contributed by atoms with E-state index in [1.165, 1.54) is 0 Å². The summed E-state index contributed by atoms with van der Waals surface area (Å²) in [6, 6.07) is 13.3. The topological polar surface area (TPSA) is 9.23 Å². The third-order valence-corrected chi connectivity index (χ3v) is 3.00. The maximum absolute atomic E-state index is 5.90. The molecular formula is C14H12Cl2O. The van der Waals surface area contributed by atoms with Gasteiger partial charge in [0.15, 0.2) is 0 Å². The molecule has 17 heavy (non-hydrogen) atoms. The van der Waals surface area contributed by atoms with Gasteiger partial charge in [0.2, 0.25) is 0 Å². The van der Waals surface area contributed by atoms with E-state index in [1.54, 1.807) is 0 Å². The quantitative estimate of drug-likeness (QED) is 0.696. The Morgan fingerprint density at radius 2 is 1.82 bits per heavy atom. The van der Waals surface area contributed by atoms with Gasteiger partial charge >= 0.3 is 0 Å². The summed E-state index contributed by atoms with van der Waals surface area (Å²) in [6.07, 6.45) is 0. The molecule has 88 valence electrons. The molecule has 0 aliphatic carbocycles. The molecule has 0 unspecified atom stereocenters. The van der Waals surface area contributed by atoms with Gasteiger partial charge in [-0.2, -0.15) is 0 Å². The van der Waals surface area contributed by atoms with Crippen molar-refractivity contribution in [1.82, 2.24) is 0 Å². The first-order chi connectivity index (χ1) is 8.20. The van der Waals surface area contributed by atoms with Crippen LogP contribution in [0.4, 0.5) is 0 Å². The Hall–Kier alpha value is -1.18. The van der Waals surface area contributed by atoms with Crippen LogP contribution in [0.1, 0.15) is 11.1 Å². The standard InChI is InChI=1S/C14H12Cl2O/c1-10-8-12(16)6-7-13(10)17-14-5-3-2-4-11(14)9-15/h2-8H,9H2,1H3. The highest BCUT2D eigenvalue weighted by atomic mass is 35.5. The van der Waals surface area contributed by atoms with Crippen LogP contribution < -0.4 is 4.74 Å². The lowest BCUT2D eigenvalue weighted by Crippen LogP contribution is -1.91. The van der Waals surface area contributed by atoms with Gasteiger partial charge < -0.3 is 4.74 Å². The van der Waals surface area contributed by atoms with E-state index >= 15 is 0 Å². The number of para-hydroxylation sites is 1. The molecule has 2 aromatic carbocycles. The van der Waals surface area contributed by atoms with Gasteiger partial charge in [0.1, 0.15) is 11.5 Å². The highest BCUT2D eigenvalue weighted by molar-refractivity contribution is 6.30. The molecule has 0 fully saturated rings. The Balaban J connectivity index is 2.31. The molecule has 0 amide bonds. The Bertz CT molecular complexity index is 523. The number of ether oxygens (including phenoxy) is 1. The average molecular weight is 267 g/mol.